The number of amides is 1. The molecule has 0 saturated carbocycles. The van der Waals surface area contributed by atoms with Gasteiger partial charge in [0.15, 0.2) is 5.54 Å². The lowest BCUT2D eigenvalue weighted by Gasteiger charge is -2.23. The van der Waals surface area contributed by atoms with Crippen molar-refractivity contribution in [2.24, 2.45) is 0 Å². The van der Waals surface area contributed by atoms with Crippen LogP contribution in [0.4, 0.5) is 8.78 Å². The first-order valence-electron chi connectivity index (χ1n) is 5.53. The largest absolute Gasteiger partial charge is 0.479 e. The van der Waals surface area contributed by atoms with Crippen LogP contribution >= 0.6 is 0 Å². The highest BCUT2D eigenvalue weighted by Crippen LogP contribution is 2.20. The van der Waals surface area contributed by atoms with Crippen LogP contribution in [-0.2, 0) is 9.53 Å². The van der Waals surface area contributed by atoms with Gasteiger partial charge in [0, 0.05) is 19.1 Å². The summed E-state index contributed by atoms with van der Waals surface area (Å²) in [4.78, 5) is 23.0. The van der Waals surface area contributed by atoms with Gasteiger partial charge in [0.1, 0.15) is 11.6 Å². The summed E-state index contributed by atoms with van der Waals surface area (Å²) in [6.07, 6.45) is 0.0941. The van der Waals surface area contributed by atoms with Gasteiger partial charge in [-0.05, 0) is 12.1 Å². The Balaban J connectivity index is 2.22. The maximum absolute atomic E-state index is 13.4. The molecule has 0 aromatic heterocycles. The zero-order valence-corrected chi connectivity index (χ0v) is 9.78. The van der Waals surface area contributed by atoms with E-state index in [0.717, 1.165) is 12.1 Å². The Morgan fingerprint density at radius 3 is 2.63 bits per heavy atom. The minimum Gasteiger partial charge on any atom is -0.479 e. The van der Waals surface area contributed by atoms with Crippen LogP contribution in [-0.4, -0.2) is 35.7 Å². The van der Waals surface area contributed by atoms with Crippen molar-refractivity contribution in [3.8, 4) is 0 Å². The number of carboxylic acids is 1. The maximum atomic E-state index is 13.4. The minimum atomic E-state index is -1.56. The Morgan fingerprint density at radius 1 is 1.37 bits per heavy atom. The lowest BCUT2D eigenvalue weighted by atomic mass is 9.98. The topological polar surface area (TPSA) is 75.6 Å². The average Bonchev–Trinajstić information content (AvgIpc) is 2.78. The first kappa shape index (κ1) is 13.4. The zero-order chi connectivity index (χ0) is 14.0. The van der Waals surface area contributed by atoms with Crippen LogP contribution in [0.2, 0.25) is 0 Å². The highest BCUT2D eigenvalue weighted by atomic mass is 19.1. The van der Waals surface area contributed by atoms with E-state index in [1.807, 2.05) is 0 Å². The van der Waals surface area contributed by atoms with Crippen LogP contribution in [0.5, 0.6) is 0 Å². The Hall–Kier alpha value is -2.02. The molecule has 0 bridgehead atoms. The zero-order valence-electron chi connectivity index (χ0n) is 9.78. The predicted octanol–water partition coefficient (Wildman–Crippen LogP) is 0.938. The number of rotatable bonds is 3. The summed E-state index contributed by atoms with van der Waals surface area (Å²) in [5.41, 5.74) is -1.97. The fourth-order valence-electron chi connectivity index (χ4n) is 1.84. The van der Waals surface area contributed by atoms with Crippen LogP contribution in [0, 0.1) is 11.6 Å². The monoisotopic (exact) mass is 271 g/mol. The van der Waals surface area contributed by atoms with Crippen molar-refractivity contribution in [1.29, 1.82) is 0 Å². The Kier molecular flexibility index (Phi) is 3.48. The van der Waals surface area contributed by atoms with E-state index in [2.05, 4.69) is 5.32 Å². The quantitative estimate of drug-likeness (QED) is 0.857. The molecule has 1 unspecified atom stereocenters. The molecule has 0 radical (unpaired) electrons. The van der Waals surface area contributed by atoms with Gasteiger partial charge in [-0.2, -0.15) is 0 Å². The van der Waals surface area contributed by atoms with E-state index in [9.17, 15) is 18.4 Å². The van der Waals surface area contributed by atoms with Crippen LogP contribution < -0.4 is 5.32 Å². The highest BCUT2D eigenvalue weighted by Gasteiger charge is 2.44. The summed E-state index contributed by atoms with van der Waals surface area (Å²) >= 11 is 0. The first-order chi connectivity index (χ1) is 8.94. The van der Waals surface area contributed by atoms with E-state index >= 15 is 0 Å². The minimum absolute atomic E-state index is 0.0941. The molecule has 5 nitrogen and oxygen atoms in total. The van der Waals surface area contributed by atoms with Crippen LogP contribution in [0.25, 0.3) is 0 Å². The molecular formula is C12H11F2NO4. The SMILES string of the molecule is O=C(NC1(C(=O)O)CCOC1)c1ccc(F)cc1F. The second kappa shape index (κ2) is 4.93. The summed E-state index contributed by atoms with van der Waals surface area (Å²) in [7, 11) is 0. The number of carboxylic acid groups (broad SMARTS) is 1. The number of hydrogen-bond acceptors (Lipinski definition) is 3. The number of hydrogen-bond donors (Lipinski definition) is 2. The van der Waals surface area contributed by atoms with Gasteiger partial charge in [0.2, 0.25) is 0 Å². The molecule has 0 spiro atoms. The molecular weight excluding hydrogens is 260 g/mol. The molecule has 1 fully saturated rings. The van der Waals surface area contributed by atoms with Crippen molar-refractivity contribution >= 4 is 11.9 Å². The third-order valence-corrected chi connectivity index (χ3v) is 2.96. The number of ether oxygens (including phenoxy) is 1. The number of halogens is 2. The van der Waals surface area contributed by atoms with Crippen LogP contribution in [0.3, 0.4) is 0 Å². The van der Waals surface area contributed by atoms with E-state index in [1.165, 1.54) is 0 Å². The molecule has 1 atom stereocenters. The van der Waals surface area contributed by atoms with E-state index in [-0.39, 0.29) is 19.6 Å². The lowest BCUT2D eigenvalue weighted by molar-refractivity contribution is -0.144. The van der Waals surface area contributed by atoms with Gasteiger partial charge in [0.25, 0.3) is 5.91 Å². The lowest BCUT2D eigenvalue weighted by Crippen LogP contribution is -2.55. The van der Waals surface area contributed by atoms with Crippen molar-refractivity contribution < 1.29 is 28.2 Å². The summed E-state index contributed by atoms with van der Waals surface area (Å²) < 4.78 is 31.1. The Labute approximate surface area is 107 Å². The maximum Gasteiger partial charge on any atom is 0.331 e. The molecule has 2 N–H and O–H groups in total. The van der Waals surface area contributed by atoms with Gasteiger partial charge in [-0.1, -0.05) is 0 Å². The number of carbonyl (C=O) groups excluding carboxylic acids is 1. The van der Waals surface area contributed by atoms with Gasteiger partial charge in [-0.15, -0.1) is 0 Å². The molecule has 2 rings (SSSR count). The first-order valence-corrected chi connectivity index (χ1v) is 5.53. The van der Waals surface area contributed by atoms with E-state index in [0.29, 0.717) is 6.07 Å². The van der Waals surface area contributed by atoms with E-state index in [1.54, 1.807) is 0 Å². The van der Waals surface area contributed by atoms with Crippen molar-refractivity contribution in [3.05, 3.63) is 35.4 Å². The molecule has 19 heavy (non-hydrogen) atoms. The van der Waals surface area contributed by atoms with Gasteiger partial charge < -0.3 is 15.2 Å². The van der Waals surface area contributed by atoms with Crippen LogP contribution in [0.15, 0.2) is 18.2 Å². The Morgan fingerprint density at radius 2 is 2.11 bits per heavy atom. The molecule has 1 heterocycles. The molecule has 102 valence electrons. The summed E-state index contributed by atoms with van der Waals surface area (Å²) in [6.45, 7) is 0.00929. The molecule has 1 aromatic rings. The van der Waals surface area contributed by atoms with Crippen molar-refractivity contribution in [3.63, 3.8) is 0 Å². The number of carbonyl (C=O) groups is 2. The number of benzene rings is 1. The van der Waals surface area contributed by atoms with E-state index in [4.69, 9.17) is 9.84 Å². The molecule has 1 saturated heterocycles. The molecule has 0 aliphatic carbocycles. The van der Waals surface area contributed by atoms with Gasteiger partial charge in [0.05, 0.1) is 12.2 Å². The second-order valence-corrected chi connectivity index (χ2v) is 4.27. The van der Waals surface area contributed by atoms with Gasteiger partial charge in [-0.3, -0.25) is 4.79 Å². The molecule has 1 amide bonds. The second-order valence-electron chi connectivity index (χ2n) is 4.27. The summed E-state index contributed by atoms with van der Waals surface area (Å²) in [5, 5.41) is 11.4. The van der Waals surface area contributed by atoms with E-state index < -0.39 is 34.6 Å². The van der Waals surface area contributed by atoms with Crippen molar-refractivity contribution in [2.75, 3.05) is 13.2 Å². The summed E-state index contributed by atoms with van der Waals surface area (Å²) in [5.74, 6) is -4.02. The van der Waals surface area contributed by atoms with Crippen molar-refractivity contribution in [2.45, 2.75) is 12.0 Å². The molecule has 7 heteroatoms. The van der Waals surface area contributed by atoms with Gasteiger partial charge >= 0.3 is 5.97 Å². The van der Waals surface area contributed by atoms with Crippen molar-refractivity contribution in [1.82, 2.24) is 5.32 Å². The standard InChI is InChI=1S/C12H11F2NO4/c13-7-1-2-8(9(14)5-7)10(16)15-12(11(17)18)3-4-19-6-12/h1-2,5H,3-4,6H2,(H,15,16)(H,17,18). The fourth-order valence-corrected chi connectivity index (χ4v) is 1.84. The number of aliphatic carboxylic acids is 1. The third kappa shape index (κ3) is 2.55. The molecule has 1 aliphatic heterocycles. The normalized spacial score (nSPS) is 22.2. The molecule has 1 aliphatic rings. The van der Waals surface area contributed by atoms with Crippen LogP contribution in [0.1, 0.15) is 16.8 Å². The highest BCUT2D eigenvalue weighted by molar-refractivity contribution is 5.98. The Bertz CT molecular complexity index is 526. The average molecular weight is 271 g/mol. The fraction of sp³-hybridized carbons (Fsp3) is 0.333. The van der Waals surface area contributed by atoms with Gasteiger partial charge in [-0.25, -0.2) is 13.6 Å². The molecule has 1 aromatic carbocycles. The number of nitrogens with one attached hydrogen (secondary N) is 1. The summed E-state index contributed by atoms with van der Waals surface area (Å²) in [6, 6.07) is 2.45. The third-order valence-electron chi connectivity index (χ3n) is 2.96. The smallest absolute Gasteiger partial charge is 0.331 e. The predicted molar refractivity (Wildman–Crippen MR) is 59.6 cm³/mol.